The Bertz CT molecular complexity index is 781. The number of carboxylic acid groups (broad SMARTS) is 1. The van der Waals surface area contributed by atoms with Crippen LogP contribution in [0, 0.1) is 5.92 Å². The molecule has 0 amide bonds. The van der Waals surface area contributed by atoms with Crippen molar-refractivity contribution in [2.45, 2.75) is 18.2 Å². The van der Waals surface area contributed by atoms with Crippen molar-refractivity contribution in [3.05, 3.63) is 58.1 Å². The number of ether oxygens (including phenoxy) is 1. The lowest BCUT2D eigenvalue weighted by Gasteiger charge is -2.16. The highest BCUT2D eigenvalue weighted by molar-refractivity contribution is 7.99. The van der Waals surface area contributed by atoms with Gasteiger partial charge < -0.3 is 9.84 Å². The zero-order valence-electron chi connectivity index (χ0n) is 14.1. The number of Topliss-reactive ketones (excluding diaryl/α,β-unsaturated/α-hetero) is 1. The van der Waals surface area contributed by atoms with Crippen LogP contribution in [-0.4, -0.2) is 29.2 Å². The van der Waals surface area contributed by atoms with Crippen molar-refractivity contribution in [3.8, 4) is 5.75 Å². The summed E-state index contributed by atoms with van der Waals surface area (Å²) in [6.07, 6.45) is 0.671. The molecule has 0 aliphatic carbocycles. The monoisotopic (exact) mass is 412 g/mol. The summed E-state index contributed by atoms with van der Waals surface area (Å²) in [6.45, 7) is 1.42. The van der Waals surface area contributed by atoms with Gasteiger partial charge in [0, 0.05) is 22.1 Å². The van der Waals surface area contributed by atoms with Gasteiger partial charge in [0.15, 0.2) is 12.4 Å². The van der Waals surface area contributed by atoms with E-state index in [1.807, 2.05) is 37.3 Å². The van der Waals surface area contributed by atoms with Crippen LogP contribution in [0.2, 0.25) is 10.0 Å². The molecule has 0 aliphatic rings. The molecule has 4 nitrogen and oxygen atoms in total. The second-order valence-electron chi connectivity index (χ2n) is 5.52. The van der Waals surface area contributed by atoms with E-state index in [2.05, 4.69) is 0 Å². The molecule has 26 heavy (non-hydrogen) atoms. The largest absolute Gasteiger partial charge is 0.480 e. The van der Waals surface area contributed by atoms with Crippen LogP contribution in [0.5, 0.6) is 5.75 Å². The van der Waals surface area contributed by atoms with Crippen LogP contribution >= 0.6 is 35.0 Å². The van der Waals surface area contributed by atoms with Crippen LogP contribution in [0.15, 0.2) is 47.4 Å². The van der Waals surface area contributed by atoms with Crippen LogP contribution in [0.1, 0.15) is 23.7 Å². The van der Waals surface area contributed by atoms with E-state index in [0.717, 1.165) is 4.90 Å². The molecular formula is C19H18Cl2O4S. The van der Waals surface area contributed by atoms with Crippen LogP contribution in [0.3, 0.4) is 0 Å². The van der Waals surface area contributed by atoms with Crippen molar-refractivity contribution >= 4 is 46.7 Å². The van der Waals surface area contributed by atoms with Crippen molar-refractivity contribution in [1.29, 1.82) is 0 Å². The zero-order chi connectivity index (χ0) is 19.1. The summed E-state index contributed by atoms with van der Waals surface area (Å²) in [6, 6.07) is 12.9. The number of carbonyl (C=O) groups excluding carboxylic acids is 1. The Labute approximate surface area is 166 Å². The average Bonchev–Trinajstić information content (AvgIpc) is 2.64. The maximum atomic E-state index is 12.9. The summed E-state index contributed by atoms with van der Waals surface area (Å²) in [4.78, 5) is 24.6. The van der Waals surface area contributed by atoms with E-state index in [1.54, 1.807) is 11.8 Å². The standard InChI is InChI=1S/C19H18Cl2O4S/c1-2-12(11-26-13-6-4-3-5-7-13)19(24)14-8-9-15(18(21)17(14)20)25-10-16(22)23/h3-9,12H,2,10-11H2,1H3,(H,22,23). The fourth-order valence-corrected chi connectivity index (χ4v) is 3.88. The predicted molar refractivity (Wildman–Crippen MR) is 105 cm³/mol. The van der Waals surface area contributed by atoms with Gasteiger partial charge in [0.25, 0.3) is 0 Å². The molecule has 2 aromatic carbocycles. The van der Waals surface area contributed by atoms with Crippen molar-refractivity contribution in [2.24, 2.45) is 5.92 Å². The van der Waals surface area contributed by atoms with Crippen molar-refractivity contribution < 1.29 is 19.4 Å². The molecule has 0 bridgehead atoms. The number of hydrogen-bond donors (Lipinski definition) is 1. The number of benzene rings is 2. The highest BCUT2D eigenvalue weighted by Crippen LogP contribution is 2.36. The fourth-order valence-electron chi connectivity index (χ4n) is 2.29. The number of carbonyl (C=O) groups is 2. The minimum atomic E-state index is -1.12. The highest BCUT2D eigenvalue weighted by atomic mass is 35.5. The van der Waals surface area contributed by atoms with Crippen LogP contribution in [0.4, 0.5) is 0 Å². The first-order valence-corrected chi connectivity index (χ1v) is 9.72. The van der Waals surface area contributed by atoms with Crippen LogP contribution < -0.4 is 4.74 Å². The van der Waals surface area contributed by atoms with Gasteiger partial charge in [0.1, 0.15) is 10.8 Å². The Kier molecular flexibility index (Phi) is 7.82. The van der Waals surface area contributed by atoms with E-state index < -0.39 is 12.6 Å². The topological polar surface area (TPSA) is 63.6 Å². The minimum absolute atomic E-state index is 0.0457. The SMILES string of the molecule is CCC(CSc1ccccc1)C(=O)c1ccc(OCC(=O)O)c(Cl)c1Cl. The lowest BCUT2D eigenvalue weighted by Crippen LogP contribution is -2.17. The van der Waals surface area contributed by atoms with Gasteiger partial charge in [0.05, 0.1) is 5.02 Å². The molecule has 7 heteroatoms. The molecule has 0 fully saturated rings. The molecule has 0 spiro atoms. The van der Waals surface area contributed by atoms with Gasteiger partial charge in [-0.3, -0.25) is 4.79 Å². The molecule has 0 aliphatic heterocycles. The Morgan fingerprint density at radius 2 is 1.81 bits per heavy atom. The summed E-state index contributed by atoms with van der Waals surface area (Å²) >= 11 is 14.0. The van der Waals surface area contributed by atoms with Gasteiger partial charge in [-0.1, -0.05) is 48.3 Å². The van der Waals surface area contributed by atoms with Gasteiger partial charge >= 0.3 is 5.97 Å². The van der Waals surface area contributed by atoms with E-state index in [1.165, 1.54) is 12.1 Å². The van der Waals surface area contributed by atoms with Gasteiger partial charge in [0.2, 0.25) is 0 Å². The third kappa shape index (κ3) is 5.40. The Morgan fingerprint density at radius 3 is 2.42 bits per heavy atom. The third-order valence-corrected chi connectivity index (χ3v) is 5.76. The molecule has 2 rings (SSSR count). The summed E-state index contributed by atoms with van der Waals surface area (Å²) < 4.78 is 5.07. The molecule has 2 aromatic rings. The molecule has 0 saturated heterocycles. The molecule has 138 valence electrons. The number of ketones is 1. The Morgan fingerprint density at radius 1 is 1.12 bits per heavy atom. The first kappa shape index (κ1) is 20.6. The third-order valence-electron chi connectivity index (χ3n) is 3.72. The summed E-state index contributed by atoms with van der Waals surface area (Å²) in [5.41, 5.74) is 0.319. The quantitative estimate of drug-likeness (QED) is 0.437. The second kappa shape index (κ2) is 9.86. The van der Waals surface area contributed by atoms with E-state index in [4.69, 9.17) is 33.0 Å². The van der Waals surface area contributed by atoms with Crippen molar-refractivity contribution in [1.82, 2.24) is 0 Å². The second-order valence-corrected chi connectivity index (χ2v) is 7.36. The summed E-state index contributed by atoms with van der Waals surface area (Å²) in [5, 5.41) is 8.81. The number of halogens is 2. The molecule has 0 heterocycles. The number of carboxylic acids is 1. The Hall–Kier alpha value is -1.69. The molecular weight excluding hydrogens is 395 g/mol. The molecule has 1 unspecified atom stereocenters. The highest BCUT2D eigenvalue weighted by Gasteiger charge is 2.23. The van der Waals surface area contributed by atoms with Crippen molar-refractivity contribution in [2.75, 3.05) is 12.4 Å². The number of rotatable bonds is 9. The predicted octanol–water partition coefficient (Wildman–Crippen LogP) is 5.46. The smallest absolute Gasteiger partial charge is 0.341 e. The van der Waals surface area contributed by atoms with Gasteiger partial charge in [-0.05, 0) is 30.7 Å². The maximum Gasteiger partial charge on any atom is 0.341 e. The maximum absolute atomic E-state index is 12.9. The average molecular weight is 413 g/mol. The van der Waals surface area contributed by atoms with E-state index in [0.29, 0.717) is 17.7 Å². The van der Waals surface area contributed by atoms with E-state index in [-0.39, 0.29) is 27.5 Å². The first-order valence-electron chi connectivity index (χ1n) is 7.98. The van der Waals surface area contributed by atoms with E-state index in [9.17, 15) is 9.59 Å². The lowest BCUT2D eigenvalue weighted by atomic mass is 9.97. The molecule has 1 N–H and O–H groups in total. The normalized spacial score (nSPS) is 11.8. The molecule has 0 radical (unpaired) electrons. The van der Waals surface area contributed by atoms with Gasteiger partial charge in [-0.2, -0.15) is 0 Å². The van der Waals surface area contributed by atoms with Gasteiger partial charge in [-0.25, -0.2) is 4.79 Å². The van der Waals surface area contributed by atoms with E-state index >= 15 is 0 Å². The van der Waals surface area contributed by atoms with Crippen LogP contribution in [-0.2, 0) is 4.79 Å². The lowest BCUT2D eigenvalue weighted by molar-refractivity contribution is -0.139. The van der Waals surface area contributed by atoms with Gasteiger partial charge in [-0.15, -0.1) is 11.8 Å². The number of aliphatic carboxylic acids is 1. The number of hydrogen-bond acceptors (Lipinski definition) is 4. The summed E-state index contributed by atoms with van der Waals surface area (Å²) in [7, 11) is 0. The fraction of sp³-hybridized carbons (Fsp3) is 0.263. The zero-order valence-corrected chi connectivity index (χ0v) is 16.4. The Balaban J connectivity index is 2.13. The van der Waals surface area contributed by atoms with Crippen LogP contribution in [0.25, 0.3) is 0 Å². The van der Waals surface area contributed by atoms with Crippen molar-refractivity contribution in [3.63, 3.8) is 0 Å². The first-order chi connectivity index (χ1) is 12.4. The molecule has 0 saturated carbocycles. The number of thioether (sulfide) groups is 1. The molecule has 0 aromatic heterocycles. The molecule has 1 atom stereocenters. The minimum Gasteiger partial charge on any atom is -0.480 e. The summed E-state index contributed by atoms with van der Waals surface area (Å²) in [5.74, 6) is -0.652.